The molecule has 0 amide bonds. The first-order chi connectivity index (χ1) is 7.40. The fourth-order valence-corrected chi connectivity index (χ4v) is 1.72. The van der Waals surface area contributed by atoms with E-state index in [0.29, 0.717) is 0 Å². The zero-order valence-corrected chi connectivity index (χ0v) is 8.69. The van der Waals surface area contributed by atoms with Crippen molar-refractivity contribution in [2.24, 2.45) is 0 Å². The normalized spacial score (nSPS) is 10.7. The van der Waals surface area contributed by atoms with E-state index in [2.05, 4.69) is 29.2 Å². The Kier molecular flexibility index (Phi) is 3.30. The summed E-state index contributed by atoms with van der Waals surface area (Å²) in [4.78, 5) is 4.28. The third kappa shape index (κ3) is 2.54. The SMILES string of the molecule is OCCCCc1ccc2ncccc2c1. The van der Waals surface area contributed by atoms with Crippen LogP contribution in [0.25, 0.3) is 10.9 Å². The van der Waals surface area contributed by atoms with E-state index in [9.17, 15) is 0 Å². The van der Waals surface area contributed by atoms with E-state index in [1.165, 1.54) is 10.9 Å². The molecule has 0 atom stereocenters. The van der Waals surface area contributed by atoms with Crippen molar-refractivity contribution < 1.29 is 5.11 Å². The number of aliphatic hydroxyl groups excluding tert-OH is 1. The lowest BCUT2D eigenvalue weighted by Gasteiger charge is -2.02. The van der Waals surface area contributed by atoms with Gasteiger partial charge in [0.05, 0.1) is 5.52 Å². The standard InChI is InChI=1S/C13H15NO/c15-9-2-1-4-11-6-7-13-12(10-11)5-3-8-14-13/h3,5-8,10,15H,1-2,4,9H2. The Hall–Kier alpha value is -1.41. The first-order valence-electron chi connectivity index (χ1n) is 5.34. The van der Waals surface area contributed by atoms with Crippen LogP contribution in [0.1, 0.15) is 18.4 Å². The lowest BCUT2D eigenvalue weighted by atomic mass is 10.1. The molecule has 0 aliphatic carbocycles. The summed E-state index contributed by atoms with van der Waals surface area (Å²) in [6.07, 6.45) is 4.77. The van der Waals surface area contributed by atoms with Crippen molar-refractivity contribution in [2.45, 2.75) is 19.3 Å². The number of unbranched alkanes of at least 4 members (excludes halogenated alkanes) is 1. The van der Waals surface area contributed by atoms with Gasteiger partial charge in [-0.3, -0.25) is 4.98 Å². The molecule has 1 N–H and O–H groups in total. The molecule has 1 heterocycles. The number of hydrogen-bond donors (Lipinski definition) is 1. The van der Waals surface area contributed by atoms with Gasteiger partial charge >= 0.3 is 0 Å². The molecule has 1 aromatic heterocycles. The van der Waals surface area contributed by atoms with Crippen LogP contribution in [0.15, 0.2) is 36.5 Å². The summed E-state index contributed by atoms with van der Waals surface area (Å²) in [5, 5.41) is 9.90. The molecular formula is C13H15NO. The maximum Gasteiger partial charge on any atom is 0.0702 e. The van der Waals surface area contributed by atoms with Crippen LogP contribution >= 0.6 is 0 Å². The van der Waals surface area contributed by atoms with Crippen molar-refractivity contribution in [1.29, 1.82) is 0 Å². The number of fused-ring (bicyclic) bond motifs is 1. The van der Waals surface area contributed by atoms with Gasteiger partial charge in [0, 0.05) is 18.2 Å². The molecule has 0 aliphatic rings. The van der Waals surface area contributed by atoms with Gasteiger partial charge in [-0.2, -0.15) is 0 Å². The fourth-order valence-electron chi connectivity index (χ4n) is 1.72. The van der Waals surface area contributed by atoms with Crippen molar-refractivity contribution in [3.63, 3.8) is 0 Å². The summed E-state index contributed by atoms with van der Waals surface area (Å²) in [6, 6.07) is 10.4. The lowest BCUT2D eigenvalue weighted by Crippen LogP contribution is -1.89. The van der Waals surface area contributed by atoms with Crippen LogP contribution in [0.2, 0.25) is 0 Å². The highest BCUT2D eigenvalue weighted by atomic mass is 16.2. The summed E-state index contributed by atoms with van der Waals surface area (Å²) in [5.41, 5.74) is 2.37. The molecule has 0 fully saturated rings. The van der Waals surface area contributed by atoms with Gasteiger partial charge in [-0.1, -0.05) is 12.1 Å². The summed E-state index contributed by atoms with van der Waals surface area (Å²) < 4.78 is 0. The van der Waals surface area contributed by atoms with Crippen LogP contribution in [0.3, 0.4) is 0 Å². The first kappa shape index (κ1) is 10.1. The summed E-state index contributed by atoms with van der Waals surface area (Å²) >= 11 is 0. The second-order valence-electron chi connectivity index (χ2n) is 3.71. The number of nitrogens with zero attached hydrogens (tertiary/aromatic N) is 1. The van der Waals surface area contributed by atoms with Crippen LogP contribution in [-0.2, 0) is 6.42 Å². The zero-order chi connectivity index (χ0) is 10.5. The Labute approximate surface area is 89.6 Å². The molecule has 2 rings (SSSR count). The van der Waals surface area contributed by atoms with Gasteiger partial charge < -0.3 is 5.11 Å². The van der Waals surface area contributed by atoms with Crippen LogP contribution < -0.4 is 0 Å². The van der Waals surface area contributed by atoms with Gasteiger partial charge in [0.25, 0.3) is 0 Å². The van der Waals surface area contributed by atoms with Crippen molar-refractivity contribution in [1.82, 2.24) is 4.98 Å². The van der Waals surface area contributed by atoms with Crippen LogP contribution in [0.4, 0.5) is 0 Å². The molecule has 0 spiro atoms. The number of rotatable bonds is 4. The Morgan fingerprint density at radius 3 is 2.93 bits per heavy atom. The van der Waals surface area contributed by atoms with Crippen molar-refractivity contribution in [3.8, 4) is 0 Å². The van der Waals surface area contributed by atoms with E-state index >= 15 is 0 Å². The monoisotopic (exact) mass is 201 g/mol. The smallest absolute Gasteiger partial charge is 0.0702 e. The maximum atomic E-state index is 8.71. The third-order valence-corrected chi connectivity index (χ3v) is 2.54. The molecule has 1 aromatic carbocycles. The number of aromatic nitrogens is 1. The lowest BCUT2D eigenvalue weighted by molar-refractivity contribution is 0.284. The number of aliphatic hydroxyl groups is 1. The number of benzene rings is 1. The fraction of sp³-hybridized carbons (Fsp3) is 0.308. The van der Waals surface area contributed by atoms with Crippen LogP contribution in [-0.4, -0.2) is 16.7 Å². The largest absolute Gasteiger partial charge is 0.396 e. The molecule has 2 nitrogen and oxygen atoms in total. The Morgan fingerprint density at radius 2 is 2.07 bits per heavy atom. The Bertz CT molecular complexity index is 439. The molecule has 0 bridgehead atoms. The van der Waals surface area contributed by atoms with Crippen LogP contribution in [0, 0.1) is 0 Å². The van der Waals surface area contributed by atoms with Gasteiger partial charge in [-0.15, -0.1) is 0 Å². The number of pyridine rings is 1. The van der Waals surface area contributed by atoms with Gasteiger partial charge in [0.15, 0.2) is 0 Å². The Balaban J connectivity index is 2.16. The van der Waals surface area contributed by atoms with Crippen molar-refractivity contribution >= 4 is 10.9 Å². The highest BCUT2D eigenvalue weighted by Gasteiger charge is 1.96. The van der Waals surface area contributed by atoms with Gasteiger partial charge in [-0.05, 0) is 43.0 Å². The molecule has 78 valence electrons. The summed E-state index contributed by atoms with van der Waals surface area (Å²) in [6.45, 7) is 0.287. The molecule has 0 radical (unpaired) electrons. The molecule has 0 unspecified atom stereocenters. The van der Waals surface area contributed by atoms with E-state index in [1.54, 1.807) is 0 Å². The van der Waals surface area contributed by atoms with Gasteiger partial charge in [-0.25, -0.2) is 0 Å². The second-order valence-corrected chi connectivity index (χ2v) is 3.71. The highest BCUT2D eigenvalue weighted by molar-refractivity contribution is 5.78. The molecular weight excluding hydrogens is 186 g/mol. The molecule has 15 heavy (non-hydrogen) atoms. The predicted octanol–water partition coefficient (Wildman–Crippen LogP) is 2.55. The zero-order valence-electron chi connectivity index (χ0n) is 8.69. The van der Waals surface area contributed by atoms with Gasteiger partial charge in [0.2, 0.25) is 0 Å². The van der Waals surface area contributed by atoms with E-state index in [1.807, 2.05) is 12.3 Å². The molecule has 0 saturated carbocycles. The van der Waals surface area contributed by atoms with E-state index in [-0.39, 0.29) is 6.61 Å². The molecule has 2 heteroatoms. The van der Waals surface area contributed by atoms with E-state index in [0.717, 1.165) is 24.8 Å². The molecule has 0 saturated heterocycles. The third-order valence-electron chi connectivity index (χ3n) is 2.54. The minimum Gasteiger partial charge on any atom is -0.396 e. The minimum atomic E-state index is 0.287. The van der Waals surface area contributed by atoms with Crippen molar-refractivity contribution in [3.05, 3.63) is 42.1 Å². The van der Waals surface area contributed by atoms with E-state index in [4.69, 9.17) is 5.11 Å². The number of hydrogen-bond acceptors (Lipinski definition) is 2. The second kappa shape index (κ2) is 4.89. The number of aryl methyl sites for hydroxylation is 1. The Morgan fingerprint density at radius 1 is 1.13 bits per heavy atom. The summed E-state index contributed by atoms with van der Waals surface area (Å²) in [7, 11) is 0. The predicted molar refractivity (Wildman–Crippen MR) is 61.8 cm³/mol. The average molecular weight is 201 g/mol. The van der Waals surface area contributed by atoms with Gasteiger partial charge in [0.1, 0.15) is 0 Å². The molecule has 0 aliphatic heterocycles. The highest BCUT2D eigenvalue weighted by Crippen LogP contribution is 2.14. The average Bonchev–Trinajstić information content (AvgIpc) is 2.29. The van der Waals surface area contributed by atoms with E-state index < -0.39 is 0 Å². The maximum absolute atomic E-state index is 8.71. The molecule has 2 aromatic rings. The summed E-state index contributed by atoms with van der Waals surface area (Å²) in [5.74, 6) is 0. The minimum absolute atomic E-state index is 0.287. The first-order valence-corrected chi connectivity index (χ1v) is 5.34. The quantitative estimate of drug-likeness (QED) is 0.771. The topological polar surface area (TPSA) is 33.1 Å². The van der Waals surface area contributed by atoms with Crippen LogP contribution in [0.5, 0.6) is 0 Å². The van der Waals surface area contributed by atoms with Crippen molar-refractivity contribution in [2.75, 3.05) is 6.61 Å².